The fourth-order valence-electron chi connectivity index (χ4n) is 16.8. The molecule has 8 saturated carbocycles. The Balaban J connectivity index is 1.36. The lowest BCUT2D eigenvalue weighted by molar-refractivity contribution is -0.288. The van der Waals surface area contributed by atoms with Crippen LogP contribution in [0.25, 0.3) is 0 Å². The van der Waals surface area contributed by atoms with Gasteiger partial charge in [0.25, 0.3) is 0 Å². The number of benzene rings is 2. The number of phenolic OH excluding ortho intramolecular Hbond substituents is 2. The molecular formula is C48H68I2O2. The van der Waals surface area contributed by atoms with Gasteiger partial charge in [-0.15, -0.1) is 0 Å². The Labute approximate surface area is 344 Å². The van der Waals surface area contributed by atoms with Crippen LogP contribution >= 0.6 is 45.2 Å². The summed E-state index contributed by atoms with van der Waals surface area (Å²) in [7, 11) is 0. The van der Waals surface area contributed by atoms with Crippen molar-refractivity contribution in [2.75, 3.05) is 0 Å². The van der Waals surface area contributed by atoms with Gasteiger partial charge in [0.1, 0.15) is 11.5 Å². The second-order valence-corrected chi connectivity index (χ2v) is 23.3. The van der Waals surface area contributed by atoms with Crippen molar-refractivity contribution in [2.24, 2.45) is 32.5 Å². The summed E-state index contributed by atoms with van der Waals surface area (Å²) in [6, 6.07) is 13.7. The third kappa shape index (κ3) is 6.07. The largest absolute Gasteiger partial charge is 0.507 e. The first kappa shape index (κ1) is 38.4. The summed E-state index contributed by atoms with van der Waals surface area (Å²) in [5, 5.41) is 21.6. The van der Waals surface area contributed by atoms with Gasteiger partial charge in [0.15, 0.2) is 0 Å². The smallest absolute Gasteiger partial charge is 0.128 e. The van der Waals surface area contributed by atoms with Crippen molar-refractivity contribution in [3.63, 3.8) is 0 Å². The van der Waals surface area contributed by atoms with Gasteiger partial charge in [-0.25, -0.2) is 0 Å². The highest BCUT2D eigenvalue weighted by Gasteiger charge is 2.78. The zero-order valence-corrected chi connectivity index (χ0v) is 37.4. The Bertz CT molecular complexity index is 1490. The summed E-state index contributed by atoms with van der Waals surface area (Å²) >= 11 is 4.82. The van der Waals surface area contributed by atoms with E-state index in [1.54, 1.807) is 11.1 Å². The maximum absolute atomic E-state index is 10.8. The van der Waals surface area contributed by atoms with Crippen molar-refractivity contribution in [1.82, 2.24) is 0 Å². The molecule has 2 aromatic carbocycles. The predicted molar refractivity (Wildman–Crippen MR) is 233 cm³/mol. The van der Waals surface area contributed by atoms with E-state index in [1.165, 1.54) is 154 Å². The molecule has 4 atom stereocenters. The highest BCUT2D eigenvalue weighted by atomic mass is 127. The number of rotatable bonds is 15. The van der Waals surface area contributed by atoms with Crippen molar-refractivity contribution in [3.8, 4) is 11.5 Å². The van der Waals surface area contributed by atoms with Crippen LogP contribution in [0.4, 0.5) is 0 Å². The highest BCUT2D eigenvalue weighted by molar-refractivity contribution is 14.1. The summed E-state index contributed by atoms with van der Waals surface area (Å²) in [5.74, 6) is 0.903. The molecule has 2 aromatic rings. The average Bonchev–Trinajstić information content (AvgIpc) is 3.09. The summed E-state index contributed by atoms with van der Waals surface area (Å²) in [5.41, 5.74) is 5.99. The Morgan fingerprint density at radius 1 is 0.442 bits per heavy atom. The first-order valence-corrected chi connectivity index (χ1v) is 23.9. The summed E-state index contributed by atoms with van der Waals surface area (Å²) < 4.78 is 2.08. The van der Waals surface area contributed by atoms with E-state index in [9.17, 15) is 10.2 Å². The van der Waals surface area contributed by atoms with E-state index in [4.69, 9.17) is 0 Å². The van der Waals surface area contributed by atoms with Gasteiger partial charge in [-0.3, -0.25) is 0 Å². The van der Waals surface area contributed by atoms with Crippen molar-refractivity contribution < 1.29 is 10.2 Å². The Kier molecular flexibility index (Phi) is 10.0. The van der Waals surface area contributed by atoms with Crippen molar-refractivity contribution >= 4 is 45.2 Å². The Morgan fingerprint density at radius 2 is 0.750 bits per heavy atom. The maximum atomic E-state index is 10.8. The number of phenols is 2. The molecule has 0 amide bonds. The van der Waals surface area contributed by atoms with Crippen LogP contribution in [0.1, 0.15) is 193 Å². The predicted octanol–water partition coefficient (Wildman–Crippen LogP) is 14.9. The van der Waals surface area contributed by atoms with Crippen LogP contribution in [0.2, 0.25) is 0 Å². The highest BCUT2D eigenvalue weighted by Crippen LogP contribution is 2.87. The van der Waals surface area contributed by atoms with Crippen LogP contribution in [0.15, 0.2) is 36.4 Å². The second kappa shape index (κ2) is 13.6. The van der Waals surface area contributed by atoms with E-state index >= 15 is 0 Å². The Hall–Kier alpha value is -0.500. The molecule has 0 aromatic heterocycles. The maximum Gasteiger partial charge on any atom is 0.128 e. The second-order valence-electron chi connectivity index (χ2n) is 21.0. The number of unbranched alkanes of at least 4 members (excludes halogenated alkanes) is 4. The van der Waals surface area contributed by atoms with Crippen molar-refractivity contribution in [2.45, 2.75) is 193 Å². The van der Waals surface area contributed by atoms with Gasteiger partial charge in [-0.1, -0.05) is 91.2 Å². The number of hydrogen-bond donors (Lipinski definition) is 2. The zero-order valence-electron chi connectivity index (χ0n) is 33.1. The fraction of sp³-hybridized carbons (Fsp3) is 0.750. The molecule has 2 nitrogen and oxygen atoms in total. The molecule has 2 N–H and O–H groups in total. The molecule has 0 aliphatic heterocycles. The number of aromatic hydroxyl groups is 2. The summed E-state index contributed by atoms with van der Waals surface area (Å²) in [6.07, 6.45) is 33.4. The lowest BCUT2D eigenvalue weighted by Gasteiger charge is -2.81. The molecular weight excluding hydrogens is 862 g/mol. The van der Waals surface area contributed by atoms with Crippen molar-refractivity contribution in [1.29, 1.82) is 0 Å². The lowest BCUT2D eigenvalue weighted by Crippen LogP contribution is -2.72. The van der Waals surface area contributed by atoms with Crippen LogP contribution in [-0.2, 0) is 10.8 Å². The number of hydrogen-bond acceptors (Lipinski definition) is 2. The molecule has 8 bridgehead atoms. The van der Waals surface area contributed by atoms with Gasteiger partial charge in [-0.05, 0) is 227 Å². The molecule has 0 heterocycles. The van der Waals surface area contributed by atoms with E-state index in [-0.39, 0.29) is 10.8 Å². The van der Waals surface area contributed by atoms with E-state index in [0.29, 0.717) is 44.0 Å². The van der Waals surface area contributed by atoms with E-state index in [0.717, 1.165) is 7.14 Å². The number of halogens is 2. The van der Waals surface area contributed by atoms with E-state index in [2.05, 4.69) is 97.1 Å². The molecule has 8 aliphatic carbocycles. The average molecular weight is 931 g/mol. The SMILES string of the molecule is CCCCC12CC3(CCCC)CC(c4ccc(O)c(I)c4)(C1)CC(C14CC5(CCCC)CC(CCCC)(CC(c6ccc(O)c(I)c6)(C5)C1)C4)(C2)C3. The van der Waals surface area contributed by atoms with Gasteiger partial charge < -0.3 is 10.2 Å². The van der Waals surface area contributed by atoms with E-state index in [1.807, 2.05) is 12.1 Å². The van der Waals surface area contributed by atoms with Crippen LogP contribution in [0.5, 0.6) is 11.5 Å². The molecule has 0 saturated heterocycles. The Morgan fingerprint density at radius 3 is 1.02 bits per heavy atom. The minimum absolute atomic E-state index is 0.210. The van der Waals surface area contributed by atoms with Crippen molar-refractivity contribution in [3.05, 3.63) is 54.7 Å². The molecule has 52 heavy (non-hydrogen) atoms. The van der Waals surface area contributed by atoms with Gasteiger partial charge in [0.2, 0.25) is 0 Å². The minimum atomic E-state index is 0.210. The topological polar surface area (TPSA) is 40.5 Å². The van der Waals surface area contributed by atoms with Gasteiger partial charge in [0, 0.05) is 0 Å². The quantitative estimate of drug-likeness (QED) is 0.175. The summed E-state index contributed by atoms with van der Waals surface area (Å²) in [4.78, 5) is 0. The zero-order chi connectivity index (χ0) is 36.7. The fourth-order valence-corrected chi connectivity index (χ4v) is 17.8. The third-order valence-electron chi connectivity index (χ3n) is 17.0. The van der Waals surface area contributed by atoms with Crippen LogP contribution in [0.3, 0.4) is 0 Å². The monoisotopic (exact) mass is 930 g/mol. The molecule has 286 valence electrons. The normalized spacial score (nSPS) is 41.3. The standard InChI is InChI=1S/C48H68I2O2/c1-5-9-17-41-23-42(18-10-6-2)26-45(25-41,35-13-15-39(51)37(49)21-35)33-47(29-41,30-42)48-31-43(19-11-7-3)24-44(32-48,20-12-8-4)28-46(27-43,34-48)36-14-16-40(52)38(50)22-36/h13-16,21-22,51-52H,5-12,17-20,23-34H2,1-4H3. The molecule has 8 fully saturated rings. The van der Waals surface area contributed by atoms with E-state index < -0.39 is 0 Å². The van der Waals surface area contributed by atoms with Crippen LogP contribution < -0.4 is 0 Å². The first-order valence-electron chi connectivity index (χ1n) is 21.8. The summed E-state index contributed by atoms with van der Waals surface area (Å²) in [6.45, 7) is 9.71. The molecule has 4 unspecified atom stereocenters. The molecule has 10 rings (SSSR count). The molecule has 0 radical (unpaired) electrons. The third-order valence-corrected chi connectivity index (χ3v) is 18.8. The van der Waals surface area contributed by atoms with Gasteiger partial charge >= 0.3 is 0 Å². The molecule has 0 spiro atoms. The van der Waals surface area contributed by atoms with Crippen LogP contribution in [-0.4, -0.2) is 10.2 Å². The minimum Gasteiger partial charge on any atom is -0.507 e. The lowest BCUT2D eigenvalue weighted by atomic mass is 9.23. The van der Waals surface area contributed by atoms with Crippen LogP contribution in [0, 0.1) is 39.6 Å². The molecule has 8 aliphatic rings. The van der Waals surface area contributed by atoms with Gasteiger partial charge in [0.05, 0.1) is 7.14 Å². The molecule has 4 heteroatoms. The first-order chi connectivity index (χ1) is 24.8. The van der Waals surface area contributed by atoms with Gasteiger partial charge in [-0.2, -0.15) is 0 Å².